The van der Waals surface area contributed by atoms with E-state index in [1.54, 1.807) is 18.2 Å². The lowest BCUT2D eigenvalue weighted by atomic mass is 10.2. The van der Waals surface area contributed by atoms with E-state index in [-0.39, 0.29) is 30.1 Å². The predicted octanol–water partition coefficient (Wildman–Crippen LogP) is 1.89. The van der Waals surface area contributed by atoms with Crippen LogP contribution in [-0.2, 0) is 4.79 Å². The summed E-state index contributed by atoms with van der Waals surface area (Å²) in [5, 5.41) is 5.02. The van der Waals surface area contributed by atoms with Crippen molar-refractivity contribution in [3.63, 3.8) is 0 Å². The quantitative estimate of drug-likeness (QED) is 0.558. The number of carbonyl (C=O) groups is 2. The number of aromatic amines is 2. The van der Waals surface area contributed by atoms with Gasteiger partial charge in [-0.3, -0.25) is 9.59 Å². The number of halogens is 2. The summed E-state index contributed by atoms with van der Waals surface area (Å²) < 4.78 is 26.3. The topological polar surface area (TPSA) is 107 Å². The molecule has 2 aromatic carbocycles. The van der Waals surface area contributed by atoms with Crippen LogP contribution in [0.2, 0.25) is 0 Å². The zero-order chi connectivity index (χ0) is 18.7. The van der Waals surface area contributed by atoms with Crippen molar-refractivity contribution in [2.24, 2.45) is 0 Å². The molecule has 2 amide bonds. The molecule has 3 rings (SSSR count). The van der Waals surface area contributed by atoms with Gasteiger partial charge in [-0.1, -0.05) is 0 Å². The molecule has 26 heavy (non-hydrogen) atoms. The number of H-pyrrole nitrogens is 2. The van der Waals surface area contributed by atoms with Gasteiger partial charge in [0.25, 0.3) is 5.91 Å². The SMILES string of the molecule is O=C(CCNC(=O)c1ccc(F)cc1F)Nc1ccc2[nH]c(=O)[nH]c2c1. The standard InChI is InChI=1S/C17H14F2N4O3/c18-9-1-3-11(12(19)7-9)16(25)20-6-5-15(24)21-10-2-4-13-14(8-10)23-17(26)22-13/h1-4,7-8H,5-6H2,(H,20,25)(H,21,24)(H2,22,23,26). The minimum atomic E-state index is -0.972. The molecule has 9 heteroatoms. The van der Waals surface area contributed by atoms with Crippen molar-refractivity contribution in [2.45, 2.75) is 6.42 Å². The summed E-state index contributed by atoms with van der Waals surface area (Å²) in [5.41, 5.74) is 0.996. The van der Waals surface area contributed by atoms with Gasteiger partial charge in [0.2, 0.25) is 5.91 Å². The van der Waals surface area contributed by atoms with E-state index in [1.165, 1.54) is 0 Å². The maximum absolute atomic E-state index is 13.5. The van der Waals surface area contributed by atoms with Crippen molar-refractivity contribution in [3.05, 3.63) is 64.1 Å². The number of rotatable bonds is 5. The molecule has 0 saturated heterocycles. The minimum Gasteiger partial charge on any atom is -0.351 e. The molecule has 4 N–H and O–H groups in total. The monoisotopic (exact) mass is 360 g/mol. The van der Waals surface area contributed by atoms with Crippen molar-refractivity contribution in [3.8, 4) is 0 Å². The first-order valence-electron chi connectivity index (χ1n) is 7.67. The van der Waals surface area contributed by atoms with E-state index >= 15 is 0 Å². The molecule has 0 fully saturated rings. The van der Waals surface area contributed by atoms with Crippen molar-refractivity contribution in [1.82, 2.24) is 15.3 Å². The van der Waals surface area contributed by atoms with Crippen LogP contribution < -0.4 is 16.3 Å². The fraction of sp³-hybridized carbons (Fsp3) is 0.118. The van der Waals surface area contributed by atoms with Gasteiger partial charge in [0, 0.05) is 24.7 Å². The summed E-state index contributed by atoms with van der Waals surface area (Å²) >= 11 is 0. The fourth-order valence-corrected chi connectivity index (χ4v) is 2.39. The van der Waals surface area contributed by atoms with Crippen molar-refractivity contribution in [1.29, 1.82) is 0 Å². The number of imidazole rings is 1. The summed E-state index contributed by atoms with van der Waals surface area (Å²) in [4.78, 5) is 40.1. The average Bonchev–Trinajstić information content (AvgIpc) is 2.94. The first-order valence-corrected chi connectivity index (χ1v) is 7.67. The second-order valence-electron chi connectivity index (χ2n) is 5.52. The number of hydrogen-bond acceptors (Lipinski definition) is 3. The Morgan fingerprint density at radius 1 is 1.00 bits per heavy atom. The summed E-state index contributed by atoms with van der Waals surface area (Å²) in [6.07, 6.45) is -0.0454. The summed E-state index contributed by atoms with van der Waals surface area (Å²) in [6, 6.07) is 7.48. The van der Waals surface area contributed by atoms with E-state index in [1.807, 2.05) is 0 Å². The van der Waals surface area contributed by atoms with Gasteiger partial charge in [0.15, 0.2) is 0 Å². The maximum Gasteiger partial charge on any atom is 0.323 e. The van der Waals surface area contributed by atoms with Gasteiger partial charge >= 0.3 is 5.69 Å². The van der Waals surface area contributed by atoms with E-state index in [2.05, 4.69) is 20.6 Å². The molecule has 0 radical (unpaired) electrons. The second kappa shape index (κ2) is 7.18. The van der Waals surface area contributed by atoms with Crippen LogP contribution in [0.5, 0.6) is 0 Å². The van der Waals surface area contributed by atoms with Gasteiger partial charge in [0.1, 0.15) is 11.6 Å². The van der Waals surface area contributed by atoms with E-state index in [9.17, 15) is 23.2 Å². The first-order chi connectivity index (χ1) is 12.4. The Bertz CT molecular complexity index is 1040. The molecule has 7 nitrogen and oxygen atoms in total. The van der Waals surface area contributed by atoms with Crippen LogP contribution in [0.3, 0.4) is 0 Å². The Hall–Kier alpha value is -3.49. The third-order valence-electron chi connectivity index (χ3n) is 3.61. The Labute approximate surface area is 145 Å². The minimum absolute atomic E-state index is 0.0231. The van der Waals surface area contributed by atoms with Crippen molar-refractivity contribution in [2.75, 3.05) is 11.9 Å². The van der Waals surface area contributed by atoms with Gasteiger partial charge in [-0.05, 0) is 30.3 Å². The highest BCUT2D eigenvalue weighted by Gasteiger charge is 2.12. The van der Waals surface area contributed by atoms with Crippen LogP contribution in [-0.4, -0.2) is 28.3 Å². The van der Waals surface area contributed by atoms with Gasteiger partial charge < -0.3 is 20.6 Å². The van der Waals surface area contributed by atoms with Gasteiger partial charge in [-0.25, -0.2) is 13.6 Å². The summed E-state index contributed by atoms with van der Waals surface area (Å²) in [5.74, 6) is -2.86. The molecule has 0 spiro atoms. The van der Waals surface area contributed by atoms with Crippen LogP contribution in [0, 0.1) is 11.6 Å². The maximum atomic E-state index is 13.5. The highest BCUT2D eigenvalue weighted by atomic mass is 19.1. The van der Waals surface area contributed by atoms with E-state index in [0.29, 0.717) is 22.8 Å². The Morgan fingerprint density at radius 3 is 2.54 bits per heavy atom. The fourth-order valence-electron chi connectivity index (χ4n) is 2.39. The van der Waals surface area contributed by atoms with E-state index < -0.39 is 17.5 Å². The van der Waals surface area contributed by atoms with Gasteiger partial charge in [-0.15, -0.1) is 0 Å². The normalized spacial score (nSPS) is 10.7. The Balaban J connectivity index is 1.53. The molecular weight excluding hydrogens is 346 g/mol. The average molecular weight is 360 g/mol. The zero-order valence-corrected chi connectivity index (χ0v) is 13.4. The molecular formula is C17H14F2N4O3. The molecule has 0 aliphatic heterocycles. The Kier molecular flexibility index (Phi) is 4.78. The largest absolute Gasteiger partial charge is 0.351 e. The molecule has 1 aromatic heterocycles. The van der Waals surface area contributed by atoms with Gasteiger partial charge in [-0.2, -0.15) is 0 Å². The number of hydrogen-bond donors (Lipinski definition) is 4. The highest BCUT2D eigenvalue weighted by molar-refractivity contribution is 5.96. The number of benzene rings is 2. The molecule has 0 aliphatic carbocycles. The number of carbonyl (C=O) groups excluding carboxylic acids is 2. The van der Waals surface area contributed by atoms with Crippen molar-refractivity contribution < 1.29 is 18.4 Å². The number of nitrogens with one attached hydrogen (secondary N) is 4. The molecule has 0 unspecified atom stereocenters. The molecule has 134 valence electrons. The number of anilines is 1. The summed E-state index contributed by atoms with van der Waals surface area (Å²) in [6.45, 7) is -0.0231. The van der Waals surface area contributed by atoms with Crippen LogP contribution in [0.1, 0.15) is 16.8 Å². The Morgan fingerprint density at radius 2 is 1.77 bits per heavy atom. The zero-order valence-electron chi connectivity index (χ0n) is 13.4. The van der Waals surface area contributed by atoms with E-state index in [4.69, 9.17) is 0 Å². The third kappa shape index (κ3) is 3.94. The highest BCUT2D eigenvalue weighted by Crippen LogP contribution is 2.14. The lowest BCUT2D eigenvalue weighted by Gasteiger charge is -2.07. The molecule has 3 aromatic rings. The second-order valence-corrected chi connectivity index (χ2v) is 5.52. The van der Waals surface area contributed by atoms with Crippen LogP contribution in [0.15, 0.2) is 41.2 Å². The molecule has 0 saturated carbocycles. The van der Waals surface area contributed by atoms with Gasteiger partial charge in [0.05, 0.1) is 16.6 Å². The molecule has 1 heterocycles. The lowest BCUT2D eigenvalue weighted by molar-refractivity contribution is -0.116. The first kappa shape index (κ1) is 17.3. The third-order valence-corrected chi connectivity index (χ3v) is 3.61. The molecule has 0 bridgehead atoms. The van der Waals surface area contributed by atoms with Crippen LogP contribution in [0.25, 0.3) is 11.0 Å². The van der Waals surface area contributed by atoms with Crippen LogP contribution >= 0.6 is 0 Å². The van der Waals surface area contributed by atoms with Crippen molar-refractivity contribution >= 4 is 28.5 Å². The van der Waals surface area contributed by atoms with E-state index in [0.717, 1.165) is 12.1 Å². The number of aromatic nitrogens is 2. The molecule has 0 atom stereocenters. The summed E-state index contributed by atoms with van der Waals surface area (Å²) in [7, 11) is 0. The smallest absolute Gasteiger partial charge is 0.323 e. The lowest BCUT2D eigenvalue weighted by Crippen LogP contribution is -2.28. The molecule has 0 aliphatic rings. The predicted molar refractivity (Wildman–Crippen MR) is 90.9 cm³/mol. The van der Waals surface area contributed by atoms with Crippen LogP contribution in [0.4, 0.5) is 14.5 Å². The number of fused-ring (bicyclic) bond motifs is 1. The number of amides is 2.